The summed E-state index contributed by atoms with van der Waals surface area (Å²) in [5, 5.41) is -0.0154. The largest absolute Gasteiger partial charge is 0.445 e. The molecule has 2 heterocycles. The van der Waals surface area contributed by atoms with Crippen molar-refractivity contribution in [2.75, 3.05) is 0 Å². The molecule has 0 atom stereocenters. The van der Waals surface area contributed by atoms with Crippen molar-refractivity contribution in [3.05, 3.63) is 59.6 Å². The number of hydrogen-bond donors (Lipinski definition) is 0. The third-order valence-corrected chi connectivity index (χ3v) is 4.84. The Balaban J connectivity index is 2.03. The number of benzene rings is 1. The van der Waals surface area contributed by atoms with Gasteiger partial charge in [0, 0.05) is 18.1 Å². The van der Waals surface area contributed by atoms with E-state index in [1.807, 2.05) is 32.0 Å². The van der Waals surface area contributed by atoms with Gasteiger partial charge in [0.1, 0.15) is 11.5 Å². The van der Waals surface area contributed by atoms with Gasteiger partial charge in [-0.3, -0.25) is 4.57 Å². The van der Waals surface area contributed by atoms with Crippen LogP contribution in [0.5, 0.6) is 0 Å². The maximum absolute atomic E-state index is 12.7. The summed E-state index contributed by atoms with van der Waals surface area (Å²) >= 11 is 0. The highest BCUT2D eigenvalue weighted by molar-refractivity contribution is 7.90. The zero-order valence-electron chi connectivity index (χ0n) is 13.1. The molecule has 0 aliphatic heterocycles. The molecule has 1 aromatic carbocycles. The minimum absolute atomic E-state index is 0.0154. The van der Waals surface area contributed by atoms with Crippen LogP contribution in [0.15, 0.2) is 46.4 Å². The van der Waals surface area contributed by atoms with Gasteiger partial charge in [-0.15, -0.1) is 0 Å². The summed E-state index contributed by atoms with van der Waals surface area (Å²) < 4.78 is 32.2. The second-order valence-electron chi connectivity index (χ2n) is 5.55. The first kappa shape index (κ1) is 15.5. The summed E-state index contributed by atoms with van der Waals surface area (Å²) in [6.07, 6.45) is 4.62. The summed E-state index contributed by atoms with van der Waals surface area (Å²) in [7, 11) is -3.67. The molecule has 0 unspecified atom stereocenters. The first-order chi connectivity index (χ1) is 10.8. The fourth-order valence-electron chi connectivity index (χ4n) is 2.50. The lowest BCUT2D eigenvalue weighted by atomic mass is 10.1. The first-order valence-corrected chi connectivity index (χ1v) is 8.76. The van der Waals surface area contributed by atoms with Crippen LogP contribution in [-0.2, 0) is 15.6 Å². The molecule has 3 aromatic rings. The molecule has 0 saturated carbocycles. The van der Waals surface area contributed by atoms with Crippen molar-refractivity contribution in [1.29, 1.82) is 0 Å². The Morgan fingerprint density at radius 1 is 1.09 bits per heavy atom. The van der Waals surface area contributed by atoms with Crippen LogP contribution in [0.25, 0.3) is 5.69 Å². The molecule has 2 aromatic heterocycles. The molecule has 3 rings (SSSR count). The normalized spacial score (nSPS) is 11.8. The van der Waals surface area contributed by atoms with Crippen molar-refractivity contribution in [2.24, 2.45) is 0 Å². The minimum atomic E-state index is -3.67. The van der Waals surface area contributed by atoms with Crippen molar-refractivity contribution in [1.82, 2.24) is 14.5 Å². The number of nitrogens with zero attached hydrogens (tertiary/aromatic N) is 3. The van der Waals surface area contributed by atoms with Crippen LogP contribution in [-0.4, -0.2) is 23.0 Å². The molecule has 0 radical (unpaired) electrons. The average molecular weight is 331 g/mol. The second-order valence-corrected chi connectivity index (χ2v) is 7.43. The Morgan fingerprint density at radius 3 is 2.39 bits per heavy atom. The Morgan fingerprint density at radius 2 is 1.78 bits per heavy atom. The summed E-state index contributed by atoms with van der Waals surface area (Å²) in [6, 6.07) is 5.87. The van der Waals surface area contributed by atoms with Gasteiger partial charge in [0.25, 0.3) is 0 Å². The van der Waals surface area contributed by atoms with Gasteiger partial charge in [-0.2, -0.15) is 0 Å². The van der Waals surface area contributed by atoms with Crippen LogP contribution in [0.1, 0.15) is 22.8 Å². The number of aromatic nitrogens is 3. The van der Waals surface area contributed by atoms with Gasteiger partial charge in [0.15, 0.2) is 0 Å². The van der Waals surface area contributed by atoms with E-state index in [0.29, 0.717) is 5.76 Å². The maximum atomic E-state index is 12.7. The highest BCUT2D eigenvalue weighted by Gasteiger charge is 2.24. The lowest BCUT2D eigenvalue weighted by Gasteiger charge is -2.10. The molecule has 0 aliphatic rings. The van der Waals surface area contributed by atoms with E-state index >= 15 is 0 Å². The summed E-state index contributed by atoms with van der Waals surface area (Å²) in [6.45, 7) is 5.66. The highest BCUT2D eigenvalue weighted by atomic mass is 32.2. The summed E-state index contributed by atoms with van der Waals surface area (Å²) in [4.78, 5) is 7.99. The molecule has 0 bridgehead atoms. The Hall–Kier alpha value is -2.41. The molecule has 23 heavy (non-hydrogen) atoms. The summed E-state index contributed by atoms with van der Waals surface area (Å²) in [5.41, 5.74) is 2.88. The second kappa shape index (κ2) is 5.66. The monoisotopic (exact) mass is 331 g/mol. The fraction of sp³-hybridized carbons (Fsp3) is 0.250. The number of sulfone groups is 1. The lowest BCUT2D eigenvalue weighted by molar-refractivity contribution is 0.483. The molecular formula is C16H17N3O3S. The molecule has 0 aliphatic carbocycles. The van der Waals surface area contributed by atoms with Crippen LogP contribution in [0, 0.1) is 20.8 Å². The van der Waals surface area contributed by atoms with E-state index in [4.69, 9.17) is 4.42 Å². The van der Waals surface area contributed by atoms with Gasteiger partial charge in [0.05, 0.1) is 6.20 Å². The van der Waals surface area contributed by atoms with Crippen molar-refractivity contribution in [3.63, 3.8) is 0 Å². The van der Waals surface area contributed by atoms with E-state index < -0.39 is 9.84 Å². The number of aryl methyl sites for hydroxylation is 3. The standard InChI is InChI=1S/C16H17N3O3S/c1-11-6-12(2)8-14(7-11)19-5-4-17-16(19)23(20,21)10-15-18-9-13(3)22-15/h4-9H,10H2,1-3H3. The first-order valence-electron chi connectivity index (χ1n) is 7.11. The van der Waals surface area contributed by atoms with E-state index in [1.54, 1.807) is 17.7 Å². The molecule has 6 nitrogen and oxygen atoms in total. The van der Waals surface area contributed by atoms with E-state index in [9.17, 15) is 8.42 Å². The average Bonchev–Trinajstić information content (AvgIpc) is 3.06. The molecule has 7 heteroatoms. The Kier molecular flexibility index (Phi) is 3.81. The van der Waals surface area contributed by atoms with Gasteiger partial charge in [-0.25, -0.2) is 18.4 Å². The SMILES string of the molecule is Cc1cc(C)cc(-n2ccnc2S(=O)(=O)Cc2ncc(C)o2)c1. The van der Waals surface area contributed by atoms with Crippen molar-refractivity contribution < 1.29 is 12.8 Å². The molecule has 0 amide bonds. The van der Waals surface area contributed by atoms with Gasteiger partial charge in [-0.1, -0.05) is 6.07 Å². The Labute approximate surface area is 134 Å². The Bertz CT molecular complexity index is 934. The quantitative estimate of drug-likeness (QED) is 0.734. The van der Waals surface area contributed by atoms with E-state index in [2.05, 4.69) is 9.97 Å². The number of oxazole rings is 1. The highest BCUT2D eigenvalue weighted by Crippen LogP contribution is 2.21. The molecule has 0 spiro atoms. The van der Waals surface area contributed by atoms with E-state index in [1.165, 1.54) is 12.4 Å². The zero-order chi connectivity index (χ0) is 16.6. The number of imidazole rings is 1. The predicted molar refractivity (Wildman–Crippen MR) is 85.2 cm³/mol. The van der Waals surface area contributed by atoms with Gasteiger partial charge in [-0.05, 0) is 44.0 Å². The van der Waals surface area contributed by atoms with Gasteiger partial charge >= 0.3 is 0 Å². The molecule has 0 fully saturated rings. The van der Waals surface area contributed by atoms with Gasteiger partial charge in [0.2, 0.25) is 20.9 Å². The predicted octanol–water partition coefficient (Wildman–Crippen LogP) is 2.76. The number of rotatable bonds is 4. The molecule has 0 N–H and O–H groups in total. The van der Waals surface area contributed by atoms with E-state index in [-0.39, 0.29) is 16.8 Å². The van der Waals surface area contributed by atoms with Crippen LogP contribution >= 0.6 is 0 Å². The molecule has 120 valence electrons. The molecular weight excluding hydrogens is 314 g/mol. The smallest absolute Gasteiger partial charge is 0.232 e. The maximum Gasteiger partial charge on any atom is 0.232 e. The zero-order valence-corrected chi connectivity index (χ0v) is 14.0. The van der Waals surface area contributed by atoms with E-state index in [0.717, 1.165) is 16.8 Å². The van der Waals surface area contributed by atoms with Crippen LogP contribution in [0.2, 0.25) is 0 Å². The third-order valence-electron chi connectivity index (χ3n) is 3.35. The lowest BCUT2D eigenvalue weighted by Crippen LogP contribution is -2.12. The van der Waals surface area contributed by atoms with Crippen LogP contribution in [0.3, 0.4) is 0 Å². The third kappa shape index (κ3) is 3.19. The van der Waals surface area contributed by atoms with Crippen molar-refractivity contribution in [2.45, 2.75) is 31.7 Å². The fourth-order valence-corrected chi connectivity index (χ4v) is 3.78. The summed E-state index contributed by atoms with van der Waals surface area (Å²) in [5.74, 6) is 0.424. The van der Waals surface area contributed by atoms with Crippen molar-refractivity contribution in [3.8, 4) is 5.69 Å². The number of hydrogen-bond acceptors (Lipinski definition) is 5. The van der Waals surface area contributed by atoms with Crippen molar-refractivity contribution >= 4 is 9.84 Å². The van der Waals surface area contributed by atoms with Gasteiger partial charge < -0.3 is 4.42 Å². The topological polar surface area (TPSA) is 78.0 Å². The molecule has 0 saturated heterocycles. The van der Waals surface area contributed by atoms with Crippen LogP contribution < -0.4 is 0 Å². The van der Waals surface area contributed by atoms with Crippen LogP contribution in [0.4, 0.5) is 0 Å². The minimum Gasteiger partial charge on any atom is -0.445 e.